The minimum Gasteiger partial charge on any atom is -0.465 e. The molecule has 2 amide bonds. The molecule has 2 saturated carbocycles. The maximum Gasteiger partial charge on any atom is 0.411 e. The number of nitrogens with zero attached hydrogens (tertiary/aromatic N) is 2. The predicted molar refractivity (Wildman–Crippen MR) is 95.2 cm³/mol. The molecule has 7 heteroatoms. The van der Waals surface area contributed by atoms with E-state index in [4.69, 9.17) is 4.98 Å². The molecule has 2 heterocycles. The van der Waals surface area contributed by atoms with E-state index in [0.717, 1.165) is 30.7 Å². The quantitative estimate of drug-likeness (QED) is 0.872. The third-order valence-electron chi connectivity index (χ3n) is 5.81. The Labute approximate surface area is 155 Å². The first-order valence-corrected chi connectivity index (χ1v) is 9.07. The smallest absolute Gasteiger partial charge is 0.411 e. The van der Waals surface area contributed by atoms with Gasteiger partial charge in [0.15, 0.2) is 0 Å². The lowest BCUT2D eigenvalue weighted by Gasteiger charge is -2.27. The lowest BCUT2D eigenvalue weighted by atomic mass is 10.0. The van der Waals surface area contributed by atoms with Gasteiger partial charge in [-0.1, -0.05) is 0 Å². The first kappa shape index (κ1) is 16.2. The molecule has 3 aliphatic rings. The van der Waals surface area contributed by atoms with Crippen molar-refractivity contribution >= 4 is 17.7 Å². The second kappa shape index (κ2) is 5.52. The third-order valence-corrected chi connectivity index (χ3v) is 5.81. The molecule has 1 aromatic carbocycles. The molecule has 2 atom stereocenters. The van der Waals surface area contributed by atoms with Crippen LogP contribution in [0.5, 0.6) is 0 Å². The summed E-state index contributed by atoms with van der Waals surface area (Å²) in [7, 11) is 0. The van der Waals surface area contributed by atoms with Gasteiger partial charge in [-0.25, -0.2) is 9.18 Å². The van der Waals surface area contributed by atoms with Crippen LogP contribution in [0.2, 0.25) is 0 Å². The van der Waals surface area contributed by atoms with Crippen molar-refractivity contribution < 1.29 is 19.1 Å². The molecule has 2 fully saturated rings. The summed E-state index contributed by atoms with van der Waals surface area (Å²) in [6, 6.07) is 9.07. The zero-order valence-electron chi connectivity index (χ0n) is 14.5. The summed E-state index contributed by atoms with van der Waals surface area (Å²) in [6.45, 7) is 0.528. The van der Waals surface area contributed by atoms with E-state index in [1.54, 1.807) is 0 Å². The van der Waals surface area contributed by atoms with Crippen LogP contribution >= 0.6 is 0 Å². The van der Waals surface area contributed by atoms with E-state index in [9.17, 15) is 19.1 Å². The van der Waals surface area contributed by atoms with Crippen LogP contribution in [-0.2, 0) is 5.54 Å². The Bertz CT molecular complexity index is 955. The van der Waals surface area contributed by atoms with E-state index in [1.807, 2.05) is 12.1 Å². The van der Waals surface area contributed by atoms with Gasteiger partial charge in [0.25, 0.3) is 5.91 Å². The van der Waals surface area contributed by atoms with Crippen LogP contribution in [0.25, 0.3) is 0 Å². The van der Waals surface area contributed by atoms with Gasteiger partial charge >= 0.3 is 6.09 Å². The first-order valence-electron chi connectivity index (χ1n) is 9.07. The molecule has 5 rings (SSSR count). The van der Waals surface area contributed by atoms with Crippen molar-refractivity contribution in [2.24, 2.45) is 5.92 Å². The molecular weight excluding hydrogens is 349 g/mol. The van der Waals surface area contributed by atoms with Gasteiger partial charge in [-0.15, -0.1) is 0 Å². The summed E-state index contributed by atoms with van der Waals surface area (Å²) in [5, 5.41) is 12.5. The molecule has 27 heavy (non-hydrogen) atoms. The highest BCUT2D eigenvalue weighted by Gasteiger charge is 2.51. The molecule has 0 unspecified atom stereocenters. The van der Waals surface area contributed by atoms with Gasteiger partial charge in [-0.2, -0.15) is 0 Å². The molecule has 2 aliphatic carbocycles. The topological polar surface area (TPSA) is 82.5 Å². The number of carbonyl (C=O) groups is 2. The van der Waals surface area contributed by atoms with Crippen LogP contribution in [-0.4, -0.2) is 28.6 Å². The Morgan fingerprint density at radius 1 is 1.19 bits per heavy atom. The van der Waals surface area contributed by atoms with Gasteiger partial charge in [0, 0.05) is 18.0 Å². The number of nitrogens with one attached hydrogen (secondary N) is 1. The van der Waals surface area contributed by atoms with E-state index in [0.29, 0.717) is 29.6 Å². The highest BCUT2D eigenvalue weighted by molar-refractivity contribution is 5.95. The molecule has 0 saturated heterocycles. The number of carbonyl (C=O) groups excluding carboxylic acids is 1. The maximum absolute atomic E-state index is 13.1. The van der Waals surface area contributed by atoms with Gasteiger partial charge in [0.05, 0.1) is 22.6 Å². The van der Waals surface area contributed by atoms with Crippen molar-refractivity contribution in [3.63, 3.8) is 0 Å². The number of hydrogen-bond donors (Lipinski definition) is 2. The van der Waals surface area contributed by atoms with E-state index >= 15 is 0 Å². The fourth-order valence-electron chi connectivity index (χ4n) is 3.99. The normalized spacial score (nSPS) is 23.8. The molecule has 2 N–H and O–H groups in total. The standard InChI is InChI=1S/C20H18FN3O3/c21-13-3-1-11(2-4-13)18(25)23-20(7-8-20)16-6-5-15-17(22-16)14-9-12(14)10-24(15)19(26)27/h1-6,12,14H,7-10H2,(H,23,25)(H,26,27)/t12-,14-/m1/s1. The number of anilines is 1. The zero-order chi connectivity index (χ0) is 18.8. The average molecular weight is 367 g/mol. The largest absolute Gasteiger partial charge is 0.465 e. The van der Waals surface area contributed by atoms with Gasteiger partial charge in [-0.3, -0.25) is 14.7 Å². The van der Waals surface area contributed by atoms with Gasteiger partial charge < -0.3 is 10.4 Å². The van der Waals surface area contributed by atoms with Gasteiger partial charge in [-0.05, 0) is 61.6 Å². The number of benzene rings is 1. The SMILES string of the molecule is O=C(NC1(c2ccc3c(n2)[C@@H]2C[C@@H]2CN3C(=O)O)CC1)c1ccc(F)cc1. The monoisotopic (exact) mass is 367 g/mol. The summed E-state index contributed by atoms with van der Waals surface area (Å²) in [4.78, 5) is 30.2. The Morgan fingerprint density at radius 3 is 2.59 bits per heavy atom. The second-order valence-electron chi connectivity index (χ2n) is 7.64. The number of carboxylic acid groups (broad SMARTS) is 1. The zero-order valence-corrected chi connectivity index (χ0v) is 14.5. The first-order chi connectivity index (χ1) is 13.0. The van der Waals surface area contributed by atoms with Crippen LogP contribution in [0, 0.1) is 11.7 Å². The van der Waals surface area contributed by atoms with Crippen molar-refractivity contribution in [2.45, 2.75) is 30.7 Å². The number of hydrogen-bond acceptors (Lipinski definition) is 3. The van der Waals surface area contributed by atoms with Crippen molar-refractivity contribution in [1.82, 2.24) is 10.3 Å². The highest BCUT2D eigenvalue weighted by atomic mass is 19.1. The summed E-state index contributed by atoms with van der Waals surface area (Å²) in [6.07, 6.45) is 1.56. The lowest BCUT2D eigenvalue weighted by Crippen LogP contribution is -2.37. The molecule has 0 spiro atoms. The molecule has 138 valence electrons. The van der Waals surface area contributed by atoms with Gasteiger partial charge in [0.1, 0.15) is 5.82 Å². The van der Waals surface area contributed by atoms with Crippen molar-refractivity contribution in [3.8, 4) is 0 Å². The fourth-order valence-corrected chi connectivity index (χ4v) is 3.99. The molecule has 0 bridgehead atoms. The number of pyridine rings is 1. The Hall–Kier alpha value is -2.96. The van der Waals surface area contributed by atoms with E-state index in [2.05, 4.69) is 5.32 Å². The van der Waals surface area contributed by atoms with Crippen LogP contribution < -0.4 is 10.2 Å². The van der Waals surface area contributed by atoms with Crippen molar-refractivity contribution in [2.75, 3.05) is 11.4 Å². The molecule has 0 radical (unpaired) electrons. The maximum atomic E-state index is 13.1. The number of rotatable bonds is 3. The fraction of sp³-hybridized carbons (Fsp3) is 0.350. The lowest BCUT2D eigenvalue weighted by molar-refractivity contribution is 0.0929. The van der Waals surface area contributed by atoms with E-state index in [-0.39, 0.29) is 11.7 Å². The molecule has 2 aromatic rings. The molecule has 1 aliphatic heterocycles. The van der Waals surface area contributed by atoms with Crippen LogP contribution in [0.3, 0.4) is 0 Å². The minimum atomic E-state index is -0.957. The van der Waals surface area contributed by atoms with E-state index in [1.165, 1.54) is 29.2 Å². The van der Waals surface area contributed by atoms with Crippen molar-refractivity contribution in [1.29, 1.82) is 0 Å². The molecule has 1 aromatic heterocycles. The number of aromatic nitrogens is 1. The summed E-state index contributed by atoms with van der Waals surface area (Å²) in [5.74, 6) is 0.0222. The predicted octanol–water partition coefficient (Wildman–Crippen LogP) is 3.24. The van der Waals surface area contributed by atoms with Crippen LogP contribution in [0.4, 0.5) is 14.9 Å². The van der Waals surface area contributed by atoms with Crippen LogP contribution in [0.1, 0.15) is 46.9 Å². The van der Waals surface area contributed by atoms with Gasteiger partial charge in [0.2, 0.25) is 0 Å². The summed E-state index contributed by atoms with van der Waals surface area (Å²) >= 11 is 0. The van der Waals surface area contributed by atoms with Crippen molar-refractivity contribution in [3.05, 3.63) is 59.2 Å². The highest BCUT2D eigenvalue weighted by Crippen LogP contribution is 2.55. The minimum absolute atomic E-state index is 0.261. The number of amides is 2. The average Bonchev–Trinajstić information content (AvgIpc) is 3.56. The van der Waals surface area contributed by atoms with E-state index < -0.39 is 11.6 Å². The number of fused-ring (bicyclic) bond motifs is 3. The second-order valence-corrected chi connectivity index (χ2v) is 7.64. The summed E-state index contributed by atoms with van der Waals surface area (Å²) in [5.41, 5.74) is 2.14. The Balaban J connectivity index is 1.43. The number of halogens is 1. The Kier molecular flexibility index (Phi) is 3.32. The summed E-state index contributed by atoms with van der Waals surface area (Å²) < 4.78 is 13.1. The Morgan fingerprint density at radius 2 is 1.93 bits per heavy atom. The molecule has 6 nitrogen and oxygen atoms in total. The third kappa shape index (κ3) is 2.65. The van der Waals surface area contributed by atoms with Crippen LogP contribution in [0.15, 0.2) is 36.4 Å². The molecular formula is C20H18FN3O3.